The standard InChI is InChI=1S/C11H18O4/c1(2-8-4-12-8)3-10(11-7-15-11)14-6-9-5-13-9/h8-11H,1-7H2. The van der Waals surface area contributed by atoms with Crippen LogP contribution in [0.4, 0.5) is 0 Å². The van der Waals surface area contributed by atoms with E-state index in [0.717, 1.165) is 32.8 Å². The Balaban J connectivity index is 1.32. The Morgan fingerprint density at radius 1 is 1.07 bits per heavy atom. The average Bonchev–Trinajstić information content (AvgIpc) is 3.12. The Hall–Kier alpha value is -0.160. The molecule has 3 saturated heterocycles. The van der Waals surface area contributed by atoms with Crippen molar-refractivity contribution in [1.29, 1.82) is 0 Å². The summed E-state index contributed by atoms with van der Waals surface area (Å²) in [5.74, 6) is 0. The molecule has 0 radical (unpaired) electrons. The maximum absolute atomic E-state index is 5.80. The Labute approximate surface area is 89.8 Å². The molecule has 4 atom stereocenters. The van der Waals surface area contributed by atoms with Gasteiger partial charge in [0, 0.05) is 0 Å². The third-order valence-electron chi connectivity index (χ3n) is 3.09. The summed E-state index contributed by atoms with van der Waals surface area (Å²) in [5, 5.41) is 0. The molecule has 3 aliphatic rings. The minimum Gasteiger partial charge on any atom is -0.373 e. The second-order valence-electron chi connectivity index (χ2n) is 4.59. The zero-order valence-electron chi connectivity index (χ0n) is 8.89. The second kappa shape index (κ2) is 4.37. The minimum atomic E-state index is 0.285. The van der Waals surface area contributed by atoms with Crippen molar-refractivity contribution in [2.45, 2.75) is 43.7 Å². The van der Waals surface area contributed by atoms with Crippen LogP contribution in [0.2, 0.25) is 0 Å². The molecule has 15 heavy (non-hydrogen) atoms. The molecule has 3 aliphatic heterocycles. The van der Waals surface area contributed by atoms with Crippen molar-refractivity contribution in [2.75, 3.05) is 26.4 Å². The molecule has 0 N–H and O–H groups in total. The molecule has 3 fully saturated rings. The molecule has 4 unspecified atom stereocenters. The van der Waals surface area contributed by atoms with Gasteiger partial charge in [0.25, 0.3) is 0 Å². The first-order chi connectivity index (χ1) is 7.42. The predicted octanol–water partition coefficient (Wildman–Crippen LogP) is 0.738. The minimum absolute atomic E-state index is 0.285. The summed E-state index contributed by atoms with van der Waals surface area (Å²) in [4.78, 5) is 0. The van der Waals surface area contributed by atoms with E-state index >= 15 is 0 Å². The lowest BCUT2D eigenvalue weighted by molar-refractivity contribution is 0.0177. The summed E-state index contributed by atoms with van der Waals surface area (Å²) in [5.41, 5.74) is 0. The summed E-state index contributed by atoms with van der Waals surface area (Å²) in [6.45, 7) is 3.44. The lowest BCUT2D eigenvalue weighted by Crippen LogP contribution is -2.22. The van der Waals surface area contributed by atoms with Gasteiger partial charge in [-0.2, -0.15) is 0 Å². The highest BCUT2D eigenvalue weighted by molar-refractivity contribution is 4.82. The van der Waals surface area contributed by atoms with Crippen molar-refractivity contribution in [2.24, 2.45) is 0 Å². The van der Waals surface area contributed by atoms with E-state index in [-0.39, 0.29) is 6.10 Å². The summed E-state index contributed by atoms with van der Waals surface area (Å²) >= 11 is 0. The molecule has 3 rings (SSSR count). The van der Waals surface area contributed by atoms with Gasteiger partial charge >= 0.3 is 0 Å². The number of hydrogen-bond acceptors (Lipinski definition) is 4. The normalized spacial score (nSPS) is 38.8. The molecular weight excluding hydrogens is 196 g/mol. The van der Waals surface area contributed by atoms with E-state index in [1.165, 1.54) is 12.8 Å². The maximum atomic E-state index is 5.80. The fourth-order valence-corrected chi connectivity index (χ4v) is 1.82. The van der Waals surface area contributed by atoms with E-state index in [9.17, 15) is 0 Å². The van der Waals surface area contributed by atoms with Gasteiger partial charge in [0.15, 0.2) is 0 Å². The molecule has 0 spiro atoms. The molecule has 0 aromatic heterocycles. The van der Waals surface area contributed by atoms with Gasteiger partial charge in [0.2, 0.25) is 0 Å². The zero-order chi connectivity index (χ0) is 10.1. The van der Waals surface area contributed by atoms with E-state index < -0.39 is 0 Å². The van der Waals surface area contributed by atoms with Crippen molar-refractivity contribution in [3.05, 3.63) is 0 Å². The van der Waals surface area contributed by atoms with Gasteiger partial charge in [0.1, 0.15) is 12.2 Å². The Kier molecular flexibility index (Phi) is 2.92. The van der Waals surface area contributed by atoms with Crippen LogP contribution in [0, 0.1) is 0 Å². The number of epoxide rings is 3. The van der Waals surface area contributed by atoms with Crippen molar-refractivity contribution >= 4 is 0 Å². The molecule has 4 heteroatoms. The lowest BCUT2D eigenvalue weighted by Gasteiger charge is -2.14. The SMILES string of the molecule is C(CC1CO1)CC(OCC1CO1)C1CO1. The molecule has 4 nitrogen and oxygen atoms in total. The van der Waals surface area contributed by atoms with Gasteiger partial charge in [-0.1, -0.05) is 0 Å². The van der Waals surface area contributed by atoms with Crippen LogP contribution >= 0.6 is 0 Å². The molecule has 0 aromatic rings. The van der Waals surface area contributed by atoms with E-state index in [1.54, 1.807) is 0 Å². The molecule has 3 heterocycles. The van der Waals surface area contributed by atoms with Crippen molar-refractivity contribution in [1.82, 2.24) is 0 Å². The molecule has 0 saturated carbocycles. The van der Waals surface area contributed by atoms with Gasteiger partial charge in [-0.15, -0.1) is 0 Å². The third-order valence-corrected chi connectivity index (χ3v) is 3.09. The van der Waals surface area contributed by atoms with E-state index in [4.69, 9.17) is 18.9 Å². The largest absolute Gasteiger partial charge is 0.373 e. The van der Waals surface area contributed by atoms with Gasteiger partial charge < -0.3 is 18.9 Å². The Morgan fingerprint density at radius 3 is 2.40 bits per heavy atom. The van der Waals surface area contributed by atoms with Crippen molar-refractivity contribution in [3.8, 4) is 0 Å². The van der Waals surface area contributed by atoms with E-state index in [1.807, 2.05) is 0 Å². The molecular formula is C11H18O4. The highest BCUT2D eigenvalue weighted by Gasteiger charge is 2.35. The number of rotatable bonds is 8. The smallest absolute Gasteiger partial charge is 0.107 e. The Bertz CT molecular complexity index is 209. The summed E-state index contributed by atoms with van der Waals surface area (Å²) in [6.07, 6.45) is 4.98. The van der Waals surface area contributed by atoms with Gasteiger partial charge in [-0.3, -0.25) is 0 Å². The van der Waals surface area contributed by atoms with Crippen molar-refractivity contribution < 1.29 is 18.9 Å². The monoisotopic (exact) mass is 214 g/mol. The van der Waals surface area contributed by atoms with Gasteiger partial charge in [0.05, 0.1) is 38.6 Å². The first-order valence-corrected chi connectivity index (χ1v) is 5.88. The molecule has 86 valence electrons. The maximum Gasteiger partial charge on any atom is 0.107 e. The van der Waals surface area contributed by atoms with Gasteiger partial charge in [-0.25, -0.2) is 0 Å². The Morgan fingerprint density at radius 2 is 1.80 bits per heavy atom. The zero-order valence-corrected chi connectivity index (χ0v) is 8.89. The fourth-order valence-electron chi connectivity index (χ4n) is 1.82. The molecule has 0 bridgehead atoms. The van der Waals surface area contributed by atoms with Crippen LogP contribution in [-0.4, -0.2) is 50.8 Å². The first kappa shape index (κ1) is 10.0. The van der Waals surface area contributed by atoms with Crippen LogP contribution in [-0.2, 0) is 18.9 Å². The van der Waals surface area contributed by atoms with E-state index in [2.05, 4.69) is 0 Å². The average molecular weight is 214 g/mol. The van der Waals surface area contributed by atoms with Crippen LogP contribution in [0.15, 0.2) is 0 Å². The second-order valence-corrected chi connectivity index (χ2v) is 4.59. The van der Waals surface area contributed by atoms with Crippen LogP contribution in [0.1, 0.15) is 19.3 Å². The summed E-state index contributed by atoms with van der Waals surface area (Å²) in [7, 11) is 0. The van der Waals surface area contributed by atoms with Crippen LogP contribution < -0.4 is 0 Å². The van der Waals surface area contributed by atoms with Crippen LogP contribution in [0.3, 0.4) is 0 Å². The van der Waals surface area contributed by atoms with Crippen molar-refractivity contribution in [3.63, 3.8) is 0 Å². The van der Waals surface area contributed by atoms with E-state index in [0.29, 0.717) is 18.3 Å². The highest BCUT2D eigenvalue weighted by Crippen LogP contribution is 2.25. The lowest BCUT2D eigenvalue weighted by atomic mass is 10.1. The molecule has 0 aromatic carbocycles. The topological polar surface area (TPSA) is 46.8 Å². The predicted molar refractivity (Wildman–Crippen MR) is 52.8 cm³/mol. The van der Waals surface area contributed by atoms with Gasteiger partial charge in [-0.05, 0) is 19.3 Å². The number of ether oxygens (including phenoxy) is 4. The highest BCUT2D eigenvalue weighted by atomic mass is 16.6. The first-order valence-electron chi connectivity index (χ1n) is 5.88. The molecule has 0 amide bonds. The molecule has 0 aliphatic carbocycles. The van der Waals surface area contributed by atoms with Crippen LogP contribution in [0.25, 0.3) is 0 Å². The number of hydrogen-bond donors (Lipinski definition) is 0. The fraction of sp³-hybridized carbons (Fsp3) is 1.00. The third kappa shape index (κ3) is 3.41. The quantitative estimate of drug-likeness (QED) is 0.559. The summed E-state index contributed by atoms with van der Waals surface area (Å²) in [6, 6.07) is 0. The summed E-state index contributed by atoms with van der Waals surface area (Å²) < 4.78 is 21.4. The van der Waals surface area contributed by atoms with Crippen LogP contribution in [0.5, 0.6) is 0 Å².